The molecule has 114 valence electrons. The van der Waals surface area contributed by atoms with Crippen molar-refractivity contribution in [1.82, 2.24) is 5.32 Å². The molecular formula is C19H33N. The molecule has 0 aliphatic carbocycles. The maximum Gasteiger partial charge on any atom is -0.00519 e. The third kappa shape index (κ3) is 8.16. The number of allylic oxidation sites excluding steroid dienone is 6. The quantitative estimate of drug-likeness (QED) is 0.384. The van der Waals surface area contributed by atoms with E-state index in [-0.39, 0.29) is 0 Å². The highest BCUT2D eigenvalue weighted by Crippen LogP contribution is 2.22. The van der Waals surface area contributed by atoms with Crippen LogP contribution >= 0.6 is 0 Å². The summed E-state index contributed by atoms with van der Waals surface area (Å²) in [5.41, 5.74) is 5.23. The second-order valence-electron chi connectivity index (χ2n) is 5.37. The molecule has 20 heavy (non-hydrogen) atoms. The van der Waals surface area contributed by atoms with E-state index in [1.54, 1.807) is 0 Å². The van der Waals surface area contributed by atoms with Gasteiger partial charge in [0.25, 0.3) is 0 Å². The Morgan fingerprint density at radius 1 is 1.00 bits per heavy atom. The van der Waals surface area contributed by atoms with Gasteiger partial charge >= 0.3 is 0 Å². The molecule has 0 radical (unpaired) electrons. The first-order chi connectivity index (χ1) is 9.56. The van der Waals surface area contributed by atoms with Crippen LogP contribution in [-0.2, 0) is 0 Å². The lowest BCUT2D eigenvalue weighted by atomic mass is 9.95. The van der Waals surface area contributed by atoms with Gasteiger partial charge in [0.1, 0.15) is 0 Å². The van der Waals surface area contributed by atoms with E-state index in [0.717, 1.165) is 25.8 Å². The predicted molar refractivity (Wildman–Crippen MR) is 93.1 cm³/mol. The van der Waals surface area contributed by atoms with Crippen LogP contribution in [0.25, 0.3) is 0 Å². The molecule has 0 saturated heterocycles. The number of hydrogen-bond acceptors (Lipinski definition) is 1. The Bertz CT molecular complexity index is 358. The lowest BCUT2D eigenvalue weighted by Crippen LogP contribution is -2.06. The summed E-state index contributed by atoms with van der Waals surface area (Å²) >= 11 is 0. The van der Waals surface area contributed by atoms with Gasteiger partial charge in [0, 0.05) is 0 Å². The fourth-order valence-electron chi connectivity index (χ4n) is 2.02. The summed E-state index contributed by atoms with van der Waals surface area (Å²) in [4.78, 5) is 0. The second kappa shape index (κ2) is 11.7. The van der Waals surface area contributed by atoms with Gasteiger partial charge in [-0.05, 0) is 63.8 Å². The Morgan fingerprint density at radius 3 is 2.25 bits per heavy atom. The monoisotopic (exact) mass is 275 g/mol. The zero-order valence-corrected chi connectivity index (χ0v) is 14.0. The highest BCUT2D eigenvalue weighted by molar-refractivity contribution is 5.38. The third-order valence-electron chi connectivity index (χ3n) is 3.79. The first-order valence-corrected chi connectivity index (χ1v) is 7.95. The van der Waals surface area contributed by atoms with Crippen molar-refractivity contribution in [3.8, 4) is 0 Å². The molecule has 0 bridgehead atoms. The van der Waals surface area contributed by atoms with E-state index >= 15 is 0 Å². The molecule has 0 aliphatic heterocycles. The van der Waals surface area contributed by atoms with E-state index in [2.05, 4.69) is 51.4 Å². The maximum absolute atomic E-state index is 4.17. The lowest BCUT2D eigenvalue weighted by Gasteiger charge is -2.11. The van der Waals surface area contributed by atoms with Crippen molar-refractivity contribution in [3.05, 3.63) is 47.6 Å². The topological polar surface area (TPSA) is 12.0 Å². The molecule has 0 aromatic rings. The van der Waals surface area contributed by atoms with Crippen molar-refractivity contribution in [2.75, 3.05) is 13.6 Å². The van der Waals surface area contributed by atoms with E-state index in [0.29, 0.717) is 0 Å². The van der Waals surface area contributed by atoms with E-state index in [1.807, 2.05) is 7.05 Å². The number of rotatable bonds is 11. The van der Waals surface area contributed by atoms with E-state index in [9.17, 15) is 0 Å². The molecule has 0 saturated carbocycles. The van der Waals surface area contributed by atoms with Crippen molar-refractivity contribution >= 4 is 0 Å². The van der Waals surface area contributed by atoms with Crippen molar-refractivity contribution in [1.29, 1.82) is 0 Å². The predicted octanol–water partition coefficient (Wildman–Crippen LogP) is 5.57. The summed E-state index contributed by atoms with van der Waals surface area (Å²) < 4.78 is 0. The van der Waals surface area contributed by atoms with E-state index < -0.39 is 0 Å². The first-order valence-electron chi connectivity index (χ1n) is 7.95. The maximum atomic E-state index is 4.17. The summed E-state index contributed by atoms with van der Waals surface area (Å²) in [6, 6.07) is 0. The van der Waals surface area contributed by atoms with Crippen molar-refractivity contribution < 1.29 is 0 Å². The Balaban J connectivity index is 4.68. The van der Waals surface area contributed by atoms with Crippen LogP contribution < -0.4 is 5.32 Å². The molecule has 0 amide bonds. The summed E-state index contributed by atoms with van der Waals surface area (Å²) in [6.45, 7) is 15.9. The molecule has 1 heteroatoms. The van der Waals surface area contributed by atoms with E-state index in [1.165, 1.54) is 41.6 Å². The zero-order valence-electron chi connectivity index (χ0n) is 14.0. The summed E-state index contributed by atoms with van der Waals surface area (Å²) in [7, 11) is 2.01. The first kappa shape index (κ1) is 18.9. The largest absolute Gasteiger partial charge is 0.320 e. The van der Waals surface area contributed by atoms with Crippen LogP contribution in [-0.4, -0.2) is 13.6 Å². The van der Waals surface area contributed by atoms with Gasteiger partial charge in [-0.1, -0.05) is 56.7 Å². The smallest absolute Gasteiger partial charge is 0.00519 e. The van der Waals surface area contributed by atoms with Crippen LogP contribution in [0.15, 0.2) is 47.6 Å². The minimum atomic E-state index is 1.01. The minimum absolute atomic E-state index is 1.01. The van der Waals surface area contributed by atoms with Gasteiger partial charge in [0.2, 0.25) is 0 Å². The van der Waals surface area contributed by atoms with Crippen molar-refractivity contribution in [2.24, 2.45) is 0 Å². The highest BCUT2D eigenvalue weighted by atomic mass is 14.8. The van der Waals surface area contributed by atoms with E-state index in [4.69, 9.17) is 0 Å². The molecule has 0 fully saturated rings. The molecule has 0 unspecified atom stereocenters. The van der Waals surface area contributed by atoms with Gasteiger partial charge in [-0.15, -0.1) is 0 Å². The van der Waals surface area contributed by atoms with Crippen molar-refractivity contribution in [2.45, 2.75) is 59.3 Å². The van der Waals surface area contributed by atoms with Gasteiger partial charge in [0.15, 0.2) is 0 Å². The molecule has 0 aromatic heterocycles. The lowest BCUT2D eigenvalue weighted by molar-refractivity contribution is 0.642. The molecule has 1 N–H and O–H groups in total. The molecule has 0 rings (SSSR count). The average Bonchev–Trinajstić information content (AvgIpc) is 2.48. The summed E-state index contributed by atoms with van der Waals surface area (Å²) in [6.07, 6.45) is 11.4. The van der Waals surface area contributed by atoms with Crippen LogP contribution in [0, 0.1) is 0 Å². The van der Waals surface area contributed by atoms with Crippen LogP contribution in [0.3, 0.4) is 0 Å². The fraction of sp³-hybridized carbons (Fsp3) is 0.579. The van der Waals surface area contributed by atoms with Gasteiger partial charge in [-0.2, -0.15) is 0 Å². The van der Waals surface area contributed by atoms with Crippen LogP contribution in [0.4, 0.5) is 0 Å². The SMILES string of the molecule is C=C(/C=C\C(CCCCCNC)=C(/C)C(=C)CC)CC. The summed E-state index contributed by atoms with van der Waals surface area (Å²) in [5.74, 6) is 0. The number of nitrogens with one attached hydrogen (secondary N) is 1. The van der Waals surface area contributed by atoms with Gasteiger partial charge < -0.3 is 5.32 Å². The molecular weight excluding hydrogens is 242 g/mol. The zero-order chi connectivity index (χ0) is 15.4. The number of unbranched alkanes of at least 4 members (excludes halogenated alkanes) is 2. The normalized spacial score (nSPS) is 12.6. The van der Waals surface area contributed by atoms with Gasteiger partial charge in [-0.25, -0.2) is 0 Å². The second-order valence-corrected chi connectivity index (χ2v) is 5.37. The third-order valence-corrected chi connectivity index (χ3v) is 3.79. The fourth-order valence-corrected chi connectivity index (χ4v) is 2.02. The number of hydrogen-bond donors (Lipinski definition) is 1. The molecule has 0 atom stereocenters. The average molecular weight is 275 g/mol. The molecule has 0 aliphatic rings. The standard InChI is InChI=1S/C19H33N/c1-7-16(3)13-14-19(18(5)17(4)8-2)12-10-9-11-15-20-6/h13-14,20H,3-4,7-12,15H2,1-2,5-6H3/b14-13-,19-18+. The van der Waals surface area contributed by atoms with Crippen LogP contribution in [0.1, 0.15) is 59.3 Å². The van der Waals surface area contributed by atoms with Crippen molar-refractivity contribution in [3.63, 3.8) is 0 Å². The minimum Gasteiger partial charge on any atom is -0.320 e. The van der Waals surface area contributed by atoms with Crippen LogP contribution in [0.5, 0.6) is 0 Å². The van der Waals surface area contributed by atoms with Gasteiger partial charge in [0.05, 0.1) is 0 Å². The molecule has 0 spiro atoms. The highest BCUT2D eigenvalue weighted by Gasteiger charge is 2.03. The Morgan fingerprint density at radius 2 is 1.70 bits per heavy atom. The molecule has 1 nitrogen and oxygen atoms in total. The Hall–Kier alpha value is -1.08. The molecule has 0 aromatic carbocycles. The Kier molecular flexibility index (Phi) is 11.1. The van der Waals surface area contributed by atoms with Crippen LogP contribution in [0.2, 0.25) is 0 Å². The van der Waals surface area contributed by atoms with Gasteiger partial charge in [-0.3, -0.25) is 0 Å². The Labute approximate surface area is 126 Å². The summed E-state index contributed by atoms with van der Waals surface area (Å²) in [5, 5.41) is 3.20. The molecule has 0 heterocycles.